The van der Waals surface area contributed by atoms with Crippen LogP contribution in [0.1, 0.15) is 0 Å². The lowest BCUT2D eigenvalue weighted by Gasteiger charge is -2.09. The van der Waals surface area contributed by atoms with Gasteiger partial charge in [-0.15, -0.1) is 24.5 Å². The van der Waals surface area contributed by atoms with Crippen molar-refractivity contribution in [2.75, 3.05) is 0 Å². The van der Waals surface area contributed by atoms with Gasteiger partial charge < -0.3 is 4.74 Å². The number of hydrogen-bond acceptors (Lipinski definition) is 3. The molecule has 30 heavy (non-hydrogen) atoms. The van der Waals surface area contributed by atoms with Crippen LogP contribution < -0.4 is 4.74 Å². The van der Waals surface area contributed by atoms with E-state index in [4.69, 9.17) is 0 Å². The van der Waals surface area contributed by atoms with Crippen LogP contribution in [0.5, 0.6) is 5.75 Å². The van der Waals surface area contributed by atoms with Crippen molar-refractivity contribution in [1.82, 2.24) is 4.98 Å². The van der Waals surface area contributed by atoms with Crippen molar-refractivity contribution in [2.24, 2.45) is 0 Å². The molecular weight excluding hydrogens is 421 g/mol. The topological polar surface area (TPSA) is 22.1 Å². The van der Waals surface area contributed by atoms with E-state index in [9.17, 15) is 22.0 Å². The molecule has 152 valence electrons. The number of aromatic nitrogens is 1. The molecule has 0 aliphatic rings. The Morgan fingerprint density at radius 1 is 0.733 bits per heavy atom. The van der Waals surface area contributed by atoms with Crippen molar-refractivity contribution in [1.29, 1.82) is 0 Å². The maximum absolute atomic E-state index is 14.0. The molecule has 1 heterocycles. The van der Waals surface area contributed by atoms with E-state index in [1.54, 1.807) is 29.6 Å². The molecule has 8 heteroatoms. The van der Waals surface area contributed by atoms with Gasteiger partial charge in [0, 0.05) is 10.9 Å². The molecule has 0 atom stereocenters. The summed E-state index contributed by atoms with van der Waals surface area (Å²) in [6, 6.07) is 16.3. The third-order valence-electron chi connectivity index (χ3n) is 4.28. The van der Waals surface area contributed by atoms with Crippen LogP contribution in [0.25, 0.3) is 33.0 Å². The first-order valence-electron chi connectivity index (χ1n) is 8.67. The predicted octanol–water partition coefficient (Wildman–Crippen LogP) is 7.32. The summed E-state index contributed by atoms with van der Waals surface area (Å²) < 4.78 is 68.6. The molecular formula is C22H12F5NOS. The van der Waals surface area contributed by atoms with Crippen LogP contribution in [-0.4, -0.2) is 11.3 Å². The Kier molecular flexibility index (Phi) is 5.26. The van der Waals surface area contributed by atoms with Crippen LogP contribution in [0.3, 0.4) is 0 Å². The Morgan fingerprint density at radius 3 is 1.83 bits per heavy atom. The summed E-state index contributed by atoms with van der Waals surface area (Å²) in [5.74, 6) is -1.65. The molecule has 0 bridgehead atoms. The Labute approximate surface area is 172 Å². The summed E-state index contributed by atoms with van der Waals surface area (Å²) in [4.78, 5) is 4.34. The fraction of sp³-hybridized carbons (Fsp3) is 0.0455. The van der Waals surface area contributed by atoms with Crippen LogP contribution in [-0.2, 0) is 0 Å². The van der Waals surface area contributed by atoms with Crippen molar-refractivity contribution in [3.63, 3.8) is 0 Å². The number of ether oxygens (including phenoxy) is 1. The highest BCUT2D eigenvalue weighted by atomic mass is 32.1. The first-order chi connectivity index (χ1) is 14.3. The Hall–Kier alpha value is -3.26. The van der Waals surface area contributed by atoms with E-state index in [0.29, 0.717) is 11.3 Å². The van der Waals surface area contributed by atoms with Crippen molar-refractivity contribution >= 4 is 11.3 Å². The SMILES string of the molecule is Fc1cccc(F)c1-c1nc(-c2ccc(-c3ccc(OC(F)(F)F)cc3)cc2)cs1. The average molecular weight is 433 g/mol. The first-order valence-corrected chi connectivity index (χ1v) is 9.55. The quantitative estimate of drug-likeness (QED) is 0.315. The van der Waals surface area contributed by atoms with E-state index in [1.807, 2.05) is 0 Å². The predicted molar refractivity (Wildman–Crippen MR) is 105 cm³/mol. The minimum atomic E-state index is -4.73. The monoisotopic (exact) mass is 433 g/mol. The molecule has 2 nitrogen and oxygen atoms in total. The molecule has 0 fully saturated rings. The van der Waals surface area contributed by atoms with E-state index >= 15 is 0 Å². The van der Waals surface area contributed by atoms with Crippen LogP contribution in [0.15, 0.2) is 72.1 Å². The minimum absolute atomic E-state index is 0.161. The molecule has 0 aliphatic carbocycles. The molecule has 1 aromatic heterocycles. The van der Waals surface area contributed by atoms with E-state index in [2.05, 4.69) is 9.72 Å². The Morgan fingerprint density at radius 2 is 1.27 bits per heavy atom. The minimum Gasteiger partial charge on any atom is -0.406 e. The van der Waals surface area contributed by atoms with Crippen LogP contribution in [0.4, 0.5) is 22.0 Å². The molecule has 0 unspecified atom stereocenters. The smallest absolute Gasteiger partial charge is 0.406 e. The fourth-order valence-electron chi connectivity index (χ4n) is 2.91. The summed E-state index contributed by atoms with van der Waals surface area (Å²) >= 11 is 1.14. The van der Waals surface area contributed by atoms with Gasteiger partial charge in [0.15, 0.2) is 0 Å². The lowest BCUT2D eigenvalue weighted by molar-refractivity contribution is -0.274. The molecule has 0 saturated carbocycles. The second-order valence-electron chi connectivity index (χ2n) is 6.28. The Bertz CT molecular complexity index is 1150. The largest absolute Gasteiger partial charge is 0.573 e. The van der Waals surface area contributed by atoms with Crippen molar-refractivity contribution in [3.05, 3.63) is 83.7 Å². The first kappa shape index (κ1) is 20.0. The summed E-state index contributed by atoms with van der Waals surface area (Å²) in [5, 5.41) is 1.95. The van der Waals surface area contributed by atoms with Crippen LogP contribution >= 0.6 is 11.3 Å². The molecule has 4 aromatic rings. The number of nitrogens with zero attached hydrogens (tertiary/aromatic N) is 1. The summed E-state index contributed by atoms with van der Waals surface area (Å²) in [6.45, 7) is 0. The van der Waals surface area contributed by atoms with Crippen molar-refractivity contribution in [2.45, 2.75) is 6.36 Å². The fourth-order valence-corrected chi connectivity index (χ4v) is 3.78. The lowest BCUT2D eigenvalue weighted by atomic mass is 10.0. The van der Waals surface area contributed by atoms with Crippen LogP contribution in [0.2, 0.25) is 0 Å². The maximum atomic E-state index is 14.0. The van der Waals surface area contributed by atoms with Gasteiger partial charge in [0.05, 0.1) is 11.3 Å². The van der Waals surface area contributed by atoms with Gasteiger partial charge in [0.25, 0.3) is 0 Å². The van der Waals surface area contributed by atoms with E-state index < -0.39 is 18.0 Å². The second-order valence-corrected chi connectivity index (χ2v) is 7.14. The van der Waals surface area contributed by atoms with E-state index in [-0.39, 0.29) is 16.3 Å². The lowest BCUT2D eigenvalue weighted by Crippen LogP contribution is -2.16. The summed E-state index contributed by atoms with van der Waals surface area (Å²) in [7, 11) is 0. The molecule has 4 rings (SSSR count). The zero-order chi connectivity index (χ0) is 21.3. The molecule has 0 aliphatic heterocycles. The number of benzene rings is 3. The molecule has 0 radical (unpaired) electrons. The van der Waals surface area contributed by atoms with E-state index in [0.717, 1.165) is 22.5 Å². The normalized spacial score (nSPS) is 11.5. The molecule has 0 N–H and O–H groups in total. The van der Waals surface area contributed by atoms with Crippen LogP contribution in [0, 0.1) is 11.6 Å². The average Bonchev–Trinajstić information content (AvgIpc) is 3.17. The van der Waals surface area contributed by atoms with Gasteiger partial charge in [-0.2, -0.15) is 0 Å². The number of alkyl halides is 3. The van der Waals surface area contributed by atoms with Gasteiger partial charge in [0.1, 0.15) is 22.4 Å². The third-order valence-corrected chi connectivity index (χ3v) is 5.14. The summed E-state index contributed by atoms with van der Waals surface area (Å²) in [6.07, 6.45) is -4.73. The zero-order valence-corrected chi connectivity index (χ0v) is 15.9. The molecule has 3 aromatic carbocycles. The van der Waals surface area contributed by atoms with Gasteiger partial charge in [0.2, 0.25) is 0 Å². The number of halogens is 5. The highest BCUT2D eigenvalue weighted by Gasteiger charge is 2.30. The summed E-state index contributed by atoms with van der Waals surface area (Å²) in [5.41, 5.74) is 2.65. The maximum Gasteiger partial charge on any atom is 0.573 e. The number of rotatable bonds is 4. The van der Waals surface area contributed by atoms with E-state index in [1.165, 1.54) is 42.5 Å². The standard InChI is InChI=1S/C22H12F5NOS/c23-17-2-1-3-18(24)20(17)21-28-19(12-30-21)15-6-4-13(5-7-15)14-8-10-16(11-9-14)29-22(25,26)27/h1-12H. The zero-order valence-electron chi connectivity index (χ0n) is 15.1. The van der Waals surface area contributed by atoms with Crippen molar-refractivity contribution < 1.29 is 26.7 Å². The Balaban J connectivity index is 1.55. The molecule has 0 saturated heterocycles. The highest BCUT2D eigenvalue weighted by molar-refractivity contribution is 7.13. The molecule has 0 amide bonds. The van der Waals surface area contributed by atoms with Crippen molar-refractivity contribution in [3.8, 4) is 38.7 Å². The third kappa shape index (κ3) is 4.33. The van der Waals surface area contributed by atoms with Gasteiger partial charge in [-0.3, -0.25) is 0 Å². The van der Waals surface area contributed by atoms with Gasteiger partial charge in [-0.1, -0.05) is 42.5 Å². The molecule has 0 spiro atoms. The van der Waals surface area contributed by atoms with Gasteiger partial charge in [-0.25, -0.2) is 13.8 Å². The number of hydrogen-bond donors (Lipinski definition) is 0. The van der Waals surface area contributed by atoms with Gasteiger partial charge >= 0.3 is 6.36 Å². The number of thiazole rings is 1. The van der Waals surface area contributed by atoms with Gasteiger partial charge in [-0.05, 0) is 35.4 Å². The highest BCUT2D eigenvalue weighted by Crippen LogP contribution is 2.33. The second kappa shape index (κ2) is 7.87.